The highest BCUT2D eigenvalue weighted by molar-refractivity contribution is 8.18. The Morgan fingerprint density at radius 2 is 2.08 bits per heavy atom. The van der Waals surface area contributed by atoms with Gasteiger partial charge in [-0.2, -0.15) is 0 Å². The Balaban J connectivity index is 1.85. The number of nitrogens with zero attached hydrogens (tertiary/aromatic N) is 2. The van der Waals surface area contributed by atoms with E-state index in [9.17, 15) is 24.5 Å². The van der Waals surface area contributed by atoms with Crippen molar-refractivity contribution in [3.05, 3.63) is 57.2 Å². The minimum Gasteiger partial charge on any atom is -0.480 e. The Labute approximate surface area is 150 Å². The number of benzene rings is 1. The van der Waals surface area contributed by atoms with E-state index in [0.29, 0.717) is 28.0 Å². The van der Waals surface area contributed by atoms with Gasteiger partial charge in [-0.05, 0) is 23.9 Å². The molecule has 132 valence electrons. The van der Waals surface area contributed by atoms with Gasteiger partial charge in [0.1, 0.15) is 18.1 Å². The van der Waals surface area contributed by atoms with Crippen LogP contribution in [-0.2, 0) is 9.59 Å². The van der Waals surface area contributed by atoms with Gasteiger partial charge in [-0.3, -0.25) is 29.4 Å². The molecule has 0 radical (unpaired) electrons. The molecule has 0 atom stereocenters. The summed E-state index contributed by atoms with van der Waals surface area (Å²) < 4.78 is 5.56. The molecule has 1 fully saturated rings. The molecule has 2 heterocycles. The zero-order chi connectivity index (χ0) is 18.8. The molecular weight excluding hydrogens is 364 g/mol. The summed E-state index contributed by atoms with van der Waals surface area (Å²) in [6.07, 6.45) is 1.33. The molecule has 2 amide bonds. The summed E-state index contributed by atoms with van der Waals surface area (Å²) in [7, 11) is 0. The molecule has 0 spiro atoms. The van der Waals surface area contributed by atoms with Crippen LogP contribution >= 0.6 is 11.8 Å². The zero-order valence-electron chi connectivity index (χ0n) is 12.9. The highest BCUT2D eigenvalue weighted by Crippen LogP contribution is 2.33. The first-order valence-corrected chi connectivity index (χ1v) is 7.98. The smallest absolute Gasteiger partial charge is 0.323 e. The number of carbonyl (C=O) groups excluding carboxylic acids is 2. The molecule has 1 aromatic carbocycles. The fourth-order valence-corrected chi connectivity index (χ4v) is 3.08. The maximum Gasteiger partial charge on any atom is 0.323 e. The topological polar surface area (TPSA) is 131 Å². The monoisotopic (exact) mass is 374 g/mol. The number of nitro groups is 1. The highest BCUT2D eigenvalue weighted by Gasteiger charge is 2.36. The Morgan fingerprint density at radius 3 is 2.77 bits per heavy atom. The second-order valence-electron chi connectivity index (χ2n) is 5.17. The highest BCUT2D eigenvalue weighted by atomic mass is 32.2. The molecule has 10 heteroatoms. The lowest BCUT2D eigenvalue weighted by atomic mass is 10.1. The molecule has 0 bridgehead atoms. The molecule has 26 heavy (non-hydrogen) atoms. The number of imide groups is 1. The molecule has 2 aromatic rings. The molecule has 1 N–H and O–H groups in total. The molecule has 1 saturated heterocycles. The van der Waals surface area contributed by atoms with E-state index in [2.05, 4.69) is 0 Å². The van der Waals surface area contributed by atoms with Crippen LogP contribution in [0.5, 0.6) is 0 Å². The maximum atomic E-state index is 12.1. The molecule has 9 nitrogen and oxygen atoms in total. The number of furan rings is 1. The van der Waals surface area contributed by atoms with Gasteiger partial charge in [0.2, 0.25) is 0 Å². The van der Waals surface area contributed by atoms with Crippen molar-refractivity contribution in [3.8, 4) is 11.3 Å². The average Bonchev–Trinajstić information content (AvgIpc) is 3.15. The molecule has 1 aliphatic rings. The molecule has 0 unspecified atom stereocenters. The summed E-state index contributed by atoms with van der Waals surface area (Å²) in [4.78, 5) is 45.5. The zero-order valence-corrected chi connectivity index (χ0v) is 13.8. The number of rotatable bonds is 5. The number of carboxylic acid groups (broad SMARTS) is 1. The Kier molecular flexibility index (Phi) is 4.59. The molecular formula is C16H10N2O7S. The fraction of sp³-hybridized carbons (Fsp3) is 0.0625. The molecule has 0 saturated carbocycles. The van der Waals surface area contributed by atoms with Crippen molar-refractivity contribution in [1.29, 1.82) is 0 Å². The van der Waals surface area contributed by atoms with Gasteiger partial charge in [0, 0.05) is 23.8 Å². The number of non-ortho nitro benzene ring substituents is 1. The lowest BCUT2D eigenvalue weighted by Gasteiger charge is -2.07. The van der Waals surface area contributed by atoms with Crippen LogP contribution in [0.15, 0.2) is 45.7 Å². The summed E-state index contributed by atoms with van der Waals surface area (Å²) >= 11 is 0.616. The Hall–Kier alpha value is -3.40. The largest absolute Gasteiger partial charge is 0.480 e. The number of thioether (sulfide) groups is 1. The summed E-state index contributed by atoms with van der Waals surface area (Å²) in [5.41, 5.74) is 0.396. The molecule has 0 aliphatic carbocycles. The van der Waals surface area contributed by atoms with Crippen LogP contribution in [0.4, 0.5) is 10.5 Å². The SMILES string of the molecule is O=C(O)CN1C(=O)S/C(=C/c2ccc(-c3cccc([N+](=O)[O-])c3)o2)C1=O. The number of nitro benzene ring substituents is 1. The maximum absolute atomic E-state index is 12.1. The summed E-state index contributed by atoms with van der Waals surface area (Å²) in [5.74, 6) is -1.40. The summed E-state index contributed by atoms with van der Waals surface area (Å²) in [5, 5.41) is 18.9. The molecule has 3 rings (SSSR count). The number of carboxylic acids is 1. The molecule has 1 aliphatic heterocycles. The van der Waals surface area contributed by atoms with Crippen LogP contribution in [-0.4, -0.2) is 38.6 Å². The average molecular weight is 374 g/mol. The van der Waals surface area contributed by atoms with E-state index < -0.39 is 28.6 Å². The van der Waals surface area contributed by atoms with E-state index in [-0.39, 0.29) is 16.4 Å². The van der Waals surface area contributed by atoms with Crippen LogP contribution in [0.3, 0.4) is 0 Å². The minimum atomic E-state index is -1.29. The summed E-state index contributed by atoms with van der Waals surface area (Å²) in [6, 6.07) is 8.98. The summed E-state index contributed by atoms with van der Waals surface area (Å²) in [6.45, 7) is -0.709. The number of aliphatic carboxylic acids is 1. The van der Waals surface area contributed by atoms with E-state index in [4.69, 9.17) is 9.52 Å². The predicted molar refractivity (Wildman–Crippen MR) is 91.1 cm³/mol. The standard InChI is InChI=1S/C16H10N2O7S/c19-14(20)8-17-15(21)13(26-16(17)22)7-11-4-5-12(25-11)9-2-1-3-10(6-9)18(23)24/h1-7H,8H2,(H,19,20)/b13-7+. The van der Waals surface area contributed by atoms with Gasteiger partial charge in [0.15, 0.2) is 0 Å². The Morgan fingerprint density at radius 1 is 1.31 bits per heavy atom. The second-order valence-corrected chi connectivity index (χ2v) is 6.16. The van der Waals surface area contributed by atoms with Crippen molar-refractivity contribution < 1.29 is 28.8 Å². The van der Waals surface area contributed by atoms with Gasteiger partial charge in [0.05, 0.1) is 9.83 Å². The fourth-order valence-electron chi connectivity index (χ4n) is 2.26. The van der Waals surface area contributed by atoms with Crippen LogP contribution in [0.2, 0.25) is 0 Å². The van der Waals surface area contributed by atoms with Gasteiger partial charge < -0.3 is 9.52 Å². The van der Waals surface area contributed by atoms with Crippen LogP contribution < -0.4 is 0 Å². The van der Waals surface area contributed by atoms with Gasteiger partial charge >= 0.3 is 5.97 Å². The lowest BCUT2D eigenvalue weighted by molar-refractivity contribution is -0.384. The predicted octanol–water partition coefficient (Wildman–Crippen LogP) is 2.98. The van der Waals surface area contributed by atoms with Gasteiger partial charge in [0.25, 0.3) is 16.8 Å². The quantitative estimate of drug-likeness (QED) is 0.480. The van der Waals surface area contributed by atoms with E-state index in [1.165, 1.54) is 24.3 Å². The second kappa shape index (κ2) is 6.84. The first-order valence-electron chi connectivity index (χ1n) is 7.17. The van der Waals surface area contributed by atoms with E-state index in [0.717, 1.165) is 0 Å². The van der Waals surface area contributed by atoms with Crippen molar-refractivity contribution in [3.63, 3.8) is 0 Å². The van der Waals surface area contributed by atoms with Crippen molar-refractivity contribution in [1.82, 2.24) is 4.90 Å². The van der Waals surface area contributed by atoms with Crippen molar-refractivity contribution in [2.45, 2.75) is 0 Å². The normalized spacial score (nSPS) is 15.7. The van der Waals surface area contributed by atoms with Crippen LogP contribution in [0.1, 0.15) is 5.76 Å². The number of hydrogen-bond acceptors (Lipinski definition) is 7. The third kappa shape index (κ3) is 3.49. The van der Waals surface area contributed by atoms with Crippen molar-refractivity contribution >= 4 is 40.6 Å². The number of carbonyl (C=O) groups is 3. The first-order chi connectivity index (χ1) is 12.3. The first kappa shape index (κ1) is 17.4. The van der Waals surface area contributed by atoms with E-state index in [1.54, 1.807) is 18.2 Å². The lowest BCUT2D eigenvalue weighted by Crippen LogP contribution is -2.33. The third-order valence-electron chi connectivity index (χ3n) is 3.41. The van der Waals surface area contributed by atoms with E-state index >= 15 is 0 Å². The minimum absolute atomic E-state index is 0.0381. The van der Waals surface area contributed by atoms with Gasteiger partial charge in [-0.15, -0.1) is 0 Å². The van der Waals surface area contributed by atoms with Crippen LogP contribution in [0, 0.1) is 10.1 Å². The van der Waals surface area contributed by atoms with Gasteiger partial charge in [-0.1, -0.05) is 12.1 Å². The van der Waals surface area contributed by atoms with E-state index in [1.807, 2.05) is 0 Å². The van der Waals surface area contributed by atoms with Gasteiger partial charge in [-0.25, -0.2) is 0 Å². The number of amides is 2. The van der Waals surface area contributed by atoms with Crippen molar-refractivity contribution in [2.75, 3.05) is 6.54 Å². The van der Waals surface area contributed by atoms with Crippen LogP contribution in [0.25, 0.3) is 17.4 Å². The number of hydrogen-bond donors (Lipinski definition) is 1. The molecule has 1 aromatic heterocycles. The Bertz CT molecular complexity index is 963. The third-order valence-corrected chi connectivity index (χ3v) is 4.32. The van der Waals surface area contributed by atoms with Crippen molar-refractivity contribution in [2.24, 2.45) is 0 Å².